The zero-order valence-corrected chi connectivity index (χ0v) is 15.5. The fraction of sp³-hybridized carbons (Fsp3) is 0. The quantitative estimate of drug-likeness (QED) is 0.414. The lowest BCUT2D eigenvalue weighted by atomic mass is 10.1. The Morgan fingerprint density at radius 3 is 1.89 bits per heavy atom. The summed E-state index contributed by atoms with van der Waals surface area (Å²) in [5.74, 6) is 0. The van der Waals surface area contributed by atoms with Gasteiger partial charge in [0, 0.05) is 14.7 Å². The Balaban J connectivity index is 2.23. The number of nitriles is 2. The first-order valence-electron chi connectivity index (χ1n) is 7.75. The Morgan fingerprint density at radius 2 is 1.41 bits per heavy atom. The molecule has 0 radical (unpaired) electrons. The van der Waals surface area contributed by atoms with E-state index in [0.29, 0.717) is 9.79 Å². The monoisotopic (exact) mass is 389 g/mol. The molecule has 3 aromatic carbocycles. The Labute approximate surface area is 164 Å². The molecule has 0 amide bonds. The maximum atomic E-state index is 11.8. The van der Waals surface area contributed by atoms with Crippen molar-refractivity contribution in [2.75, 3.05) is 0 Å². The summed E-state index contributed by atoms with van der Waals surface area (Å²) >= 11 is 2.54. The molecule has 0 unspecified atom stereocenters. The van der Waals surface area contributed by atoms with Crippen molar-refractivity contribution in [3.05, 3.63) is 88.0 Å². The third-order valence-electron chi connectivity index (χ3n) is 3.57. The van der Waals surface area contributed by atoms with E-state index in [4.69, 9.17) is 0 Å². The Morgan fingerprint density at radius 1 is 0.852 bits per heavy atom. The highest BCUT2D eigenvalue weighted by molar-refractivity contribution is 8.02. The van der Waals surface area contributed by atoms with Crippen molar-refractivity contribution < 1.29 is 4.92 Å². The van der Waals surface area contributed by atoms with Crippen molar-refractivity contribution in [3.63, 3.8) is 0 Å². The van der Waals surface area contributed by atoms with Crippen LogP contribution in [-0.2, 0) is 0 Å². The minimum absolute atomic E-state index is 0.0000396. The molecular formula is C20H11N3O2S2. The van der Waals surface area contributed by atoms with E-state index >= 15 is 0 Å². The molecule has 0 bridgehead atoms. The SMILES string of the molecule is N#Cc1cc(Sc2ccccc2)c(Sc2ccccc2)c([N+](=O)[O-])c1C#N. The van der Waals surface area contributed by atoms with Crippen LogP contribution in [0.15, 0.2) is 86.3 Å². The van der Waals surface area contributed by atoms with E-state index in [1.54, 1.807) is 6.07 Å². The second-order valence-electron chi connectivity index (χ2n) is 5.29. The highest BCUT2D eigenvalue weighted by Gasteiger charge is 2.28. The summed E-state index contributed by atoms with van der Waals surface area (Å²) in [6, 6.07) is 23.9. The molecule has 0 aliphatic rings. The van der Waals surface area contributed by atoms with E-state index in [2.05, 4.69) is 0 Å². The summed E-state index contributed by atoms with van der Waals surface area (Å²) in [6.07, 6.45) is 0. The van der Waals surface area contributed by atoms with E-state index in [0.717, 1.165) is 9.79 Å². The average molecular weight is 389 g/mol. The van der Waals surface area contributed by atoms with E-state index in [9.17, 15) is 20.6 Å². The molecule has 0 aliphatic carbocycles. The summed E-state index contributed by atoms with van der Waals surface area (Å²) in [5.41, 5.74) is -0.540. The zero-order chi connectivity index (χ0) is 19.2. The first kappa shape index (κ1) is 18.5. The van der Waals surface area contributed by atoms with Crippen molar-refractivity contribution >= 4 is 29.2 Å². The lowest BCUT2D eigenvalue weighted by Gasteiger charge is -2.12. The summed E-state index contributed by atoms with van der Waals surface area (Å²) in [7, 11) is 0. The highest BCUT2D eigenvalue weighted by atomic mass is 32.2. The van der Waals surface area contributed by atoms with Gasteiger partial charge in [0.15, 0.2) is 0 Å². The molecule has 7 heteroatoms. The standard InChI is InChI=1S/C20H11N3O2S2/c21-12-14-11-18(26-15-7-3-1-4-8-15)20(19(23(24)25)17(14)13-22)27-16-9-5-2-6-10-16/h1-11H. The normalized spacial score (nSPS) is 10.0. The summed E-state index contributed by atoms with van der Waals surface area (Å²) in [6.45, 7) is 0. The predicted octanol–water partition coefficient (Wildman–Crippen LogP) is 5.64. The zero-order valence-electron chi connectivity index (χ0n) is 13.8. The van der Waals surface area contributed by atoms with Crippen LogP contribution in [-0.4, -0.2) is 4.92 Å². The van der Waals surface area contributed by atoms with Crippen molar-refractivity contribution in [3.8, 4) is 12.1 Å². The molecule has 0 saturated carbocycles. The van der Waals surface area contributed by atoms with Crippen LogP contribution in [0, 0.1) is 32.8 Å². The van der Waals surface area contributed by atoms with Gasteiger partial charge in [-0.1, -0.05) is 59.9 Å². The van der Waals surface area contributed by atoms with Crippen molar-refractivity contribution in [2.45, 2.75) is 19.6 Å². The van der Waals surface area contributed by atoms with Gasteiger partial charge in [0.25, 0.3) is 0 Å². The molecule has 0 atom stereocenters. The fourth-order valence-electron chi connectivity index (χ4n) is 2.40. The summed E-state index contributed by atoms with van der Waals surface area (Å²) < 4.78 is 0. The van der Waals surface area contributed by atoms with Gasteiger partial charge in [-0.25, -0.2) is 0 Å². The maximum Gasteiger partial charge on any atom is 0.303 e. The molecule has 0 fully saturated rings. The van der Waals surface area contributed by atoms with E-state index in [1.165, 1.54) is 23.5 Å². The Kier molecular flexibility index (Phi) is 5.77. The molecule has 27 heavy (non-hydrogen) atoms. The third kappa shape index (κ3) is 4.12. The largest absolute Gasteiger partial charge is 0.303 e. The van der Waals surface area contributed by atoms with Gasteiger partial charge in [0.1, 0.15) is 22.6 Å². The molecule has 130 valence electrons. The minimum atomic E-state index is -0.584. The Bertz CT molecular complexity index is 1070. The van der Waals surface area contributed by atoms with Crippen LogP contribution in [0.3, 0.4) is 0 Å². The lowest BCUT2D eigenvalue weighted by molar-refractivity contribution is -0.388. The second kappa shape index (κ2) is 8.41. The molecule has 0 saturated heterocycles. The van der Waals surface area contributed by atoms with Gasteiger partial charge in [0.2, 0.25) is 0 Å². The van der Waals surface area contributed by atoms with E-state index < -0.39 is 4.92 Å². The number of rotatable bonds is 5. The smallest absolute Gasteiger partial charge is 0.258 e. The van der Waals surface area contributed by atoms with Crippen molar-refractivity contribution in [1.82, 2.24) is 0 Å². The van der Waals surface area contributed by atoms with Gasteiger partial charge in [-0.3, -0.25) is 10.1 Å². The van der Waals surface area contributed by atoms with E-state index in [1.807, 2.05) is 72.8 Å². The first-order valence-corrected chi connectivity index (χ1v) is 9.38. The molecular weight excluding hydrogens is 378 g/mol. The van der Waals surface area contributed by atoms with Crippen LogP contribution in [0.5, 0.6) is 0 Å². The summed E-state index contributed by atoms with van der Waals surface area (Å²) in [4.78, 5) is 13.8. The molecule has 0 aliphatic heterocycles. The van der Waals surface area contributed by atoms with Crippen LogP contribution in [0.25, 0.3) is 0 Å². The number of hydrogen-bond acceptors (Lipinski definition) is 6. The lowest BCUT2D eigenvalue weighted by Crippen LogP contribution is -2.00. The van der Waals surface area contributed by atoms with Gasteiger partial charge in [0.05, 0.1) is 10.5 Å². The van der Waals surface area contributed by atoms with Gasteiger partial charge in [-0.2, -0.15) is 10.5 Å². The topological polar surface area (TPSA) is 90.7 Å². The van der Waals surface area contributed by atoms with Crippen LogP contribution >= 0.6 is 23.5 Å². The number of nitro groups is 1. The fourth-order valence-corrected chi connectivity index (χ4v) is 4.52. The van der Waals surface area contributed by atoms with Crippen LogP contribution in [0.4, 0.5) is 5.69 Å². The van der Waals surface area contributed by atoms with E-state index in [-0.39, 0.29) is 16.8 Å². The van der Waals surface area contributed by atoms with Crippen LogP contribution in [0.2, 0.25) is 0 Å². The van der Waals surface area contributed by atoms with Gasteiger partial charge in [-0.05, 0) is 30.3 Å². The second-order valence-corrected chi connectivity index (χ2v) is 7.49. The van der Waals surface area contributed by atoms with Gasteiger partial charge in [-0.15, -0.1) is 0 Å². The molecule has 3 aromatic rings. The molecule has 0 N–H and O–H groups in total. The molecule has 0 spiro atoms. The van der Waals surface area contributed by atoms with Crippen molar-refractivity contribution in [2.24, 2.45) is 0 Å². The molecule has 0 aromatic heterocycles. The minimum Gasteiger partial charge on any atom is -0.258 e. The first-order chi connectivity index (χ1) is 13.1. The molecule has 3 rings (SSSR count). The summed E-state index contributed by atoms with van der Waals surface area (Å²) in [5, 5.41) is 30.6. The maximum absolute atomic E-state index is 11.8. The van der Waals surface area contributed by atoms with Crippen LogP contribution in [0.1, 0.15) is 11.1 Å². The number of nitro benzene ring substituents is 1. The predicted molar refractivity (Wildman–Crippen MR) is 104 cm³/mol. The van der Waals surface area contributed by atoms with Gasteiger partial charge >= 0.3 is 5.69 Å². The number of hydrogen-bond donors (Lipinski definition) is 0. The Hall–Kier alpha value is -3.26. The number of benzene rings is 3. The number of nitrogens with zero attached hydrogens (tertiary/aromatic N) is 3. The molecule has 0 heterocycles. The van der Waals surface area contributed by atoms with Crippen LogP contribution < -0.4 is 0 Å². The third-order valence-corrected chi connectivity index (χ3v) is 5.87. The molecule has 5 nitrogen and oxygen atoms in total. The average Bonchev–Trinajstić information content (AvgIpc) is 2.69. The highest BCUT2D eigenvalue weighted by Crippen LogP contribution is 2.46. The van der Waals surface area contributed by atoms with Gasteiger partial charge < -0.3 is 0 Å². The van der Waals surface area contributed by atoms with Crippen molar-refractivity contribution in [1.29, 1.82) is 10.5 Å².